The van der Waals surface area contributed by atoms with Crippen LogP contribution in [0.5, 0.6) is 0 Å². The van der Waals surface area contributed by atoms with Crippen molar-refractivity contribution in [2.75, 3.05) is 6.54 Å². The second-order valence-electron chi connectivity index (χ2n) is 4.63. The highest BCUT2D eigenvalue weighted by Crippen LogP contribution is 2.22. The molecule has 1 atom stereocenters. The lowest BCUT2D eigenvalue weighted by Gasteiger charge is -2.17. The van der Waals surface area contributed by atoms with Crippen molar-refractivity contribution < 1.29 is 4.79 Å². The largest absolute Gasteiger partial charge is 0.388 e. The number of hydrogen-bond donors (Lipinski definition) is 1. The Morgan fingerprint density at radius 3 is 3.06 bits per heavy atom. The molecule has 0 saturated carbocycles. The van der Waals surface area contributed by atoms with E-state index in [-0.39, 0.29) is 10.9 Å². The number of pyridine rings is 1. The second kappa shape index (κ2) is 5.44. The summed E-state index contributed by atoms with van der Waals surface area (Å²) in [5, 5.41) is 0. The fraction of sp³-hybridized carbons (Fsp3) is 0.462. The lowest BCUT2D eigenvalue weighted by Crippen LogP contribution is -2.26. The van der Waals surface area contributed by atoms with Gasteiger partial charge in [-0.15, -0.1) is 0 Å². The van der Waals surface area contributed by atoms with Crippen LogP contribution in [0.25, 0.3) is 0 Å². The van der Waals surface area contributed by atoms with Gasteiger partial charge in [0.1, 0.15) is 10.7 Å². The highest BCUT2D eigenvalue weighted by Gasteiger charge is 2.28. The molecule has 2 N–H and O–H groups in total. The maximum Gasteiger partial charge on any atom is 0.223 e. The molecule has 18 heavy (non-hydrogen) atoms. The van der Waals surface area contributed by atoms with Crippen LogP contribution in [-0.4, -0.2) is 27.3 Å². The van der Waals surface area contributed by atoms with Crippen LogP contribution in [0, 0.1) is 5.92 Å². The van der Waals surface area contributed by atoms with E-state index in [1.807, 2.05) is 17.0 Å². The Balaban J connectivity index is 2.15. The fourth-order valence-electron chi connectivity index (χ4n) is 2.27. The molecule has 0 bridgehead atoms. The number of likely N-dealkylation sites (tertiary alicyclic amines) is 1. The van der Waals surface area contributed by atoms with Crippen molar-refractivity contribution >= 4 is 23.1 Å². The van der Waals surface area contributed by atoms with Crippen molar-refractivity contribution in [2.45, 2.75) is 26.3 Å². The summed E-state index contributed by atoms with van der Waals surface area (Å²) in [6.07, 6.45) is 3.36. The van der Waals surface area contributed by atoms with Crippen LogP contribution in [0.2, 0.25) is 0 Å². The van der Waals surface area contributed by atoms with E-state index in [9.17, 15) is 4.79 Å². The molecule has 0 radical (unpaired) electrons. The van der Waals surface area contributed by atoms with Gasteiger partial charge in [-0.2, -0.15) is 0 Å². The van der Waals surface area contributed by atoms with Crippen LogP contribution < -0.4 is 5.73 Å². The van der Waals surface area contributed by atoms with Crippen LogP contribution in [-0.2, 0) is 11.3 Å². The minimum absolute atomic E-state index is 0.208. The summed E-state index contributed by atoms with van der Waals surface area (Å²) >= 11 is 4.98. The lowest BCUT2D eigenvalue weighted by atomic mass is 10.1. The molecule has 5 heteroatoms. The number of nitrogens with zero attached hydrogens (tertiary/aromatic N) is 2. The topological polar surface area (TPSA) is 59.2 Å². The van der Waals surface area contributed by atoms with Crippen LogP contribution in [0.15, 0.2) is 18.3 Å². The molecular weight excluding hydrogens is 246 g/mol. The Morgan fingerprint density at radius 1 is 1.67 bits per heavy atom. The van der Waals surface area contributed by atoms with Crippen molar-refractivity contribution in [3.05, 3.63) is 29.6 Å². The van der Waals surface area contributed by atoms with Gasteiger partial charge in [0.05, 0.1) is 0 Å². The van der Waals surface area contributed by atoms with E-state index in [0.717, 1.165) is 18.5 Å². The summed E-state index contributed by atoms with van der Waals surface area (Å²) in [6, 6.07) is 3.77. The van der Waals surface area contributed by atoms with Gasteiger partial charge in [-0.05, 0) is 12.0 Å². The summed E-state index contributed by atoms with van der Waals surface area (Å²) in [5.41, 5.74) is 7.19. The predicted molar refractivity (Wildman–Crippen MR) is 73.9 cm³/mol. The van der Waals surface area contributed by atoms with Crippen molar-refractivity contribution in [1.29, 1.82) is 0 Å². The van der Waals surface area contributed by atoms with Gasteiger partial charge in [-0.25, -0.2) is 0 Å². The average Bonchev–Trinajstić information content (AvgIpc) is 2.71. The normalized spacial score (nSPS) is 19.3. The number of hydrogen-bond acceptors (Lipinski definition) is 3. The quantitative estimate of drug-likeness (QED) is 0.836. The average molecular weight is 263 g/mol. The van der Waals surface area contributed by atoms with Crippen molar-refractivity contribution in [1.82, 2.24) is 9.88 Å². The highest BCUT2D eigenvalue weighted by atomic mass is 32.1. The third-order valence-electron chi connectivity index (χ3n) is 3.36. The molecule has 0 aromatic carbocycles. The first kappa shape index (κ1) is 13.0. The van der Waals surface area contributed by atoms with Crippen molar-refractivity contribution in [3.63, 3.8) is 0 Å². The van der Waals surface area contributed by atoms with Gasteiger partial charge in [-0.3, -0.25) is 9.78 Å². The van der Waals surface area contributed by atoms with E-state index in [4.69, 9.17) is 18.0 Å². The van der Waals surface area contributed by atoms with Gasteiger partial charge in [0, 0.05) is 31.3 Å². The molecule has 2 rings (SSSR count). The number of carbonyl (C=O) groups excluding carboxylic acids is 1. The Bertz CT molecular complexity index is 475. The van der Waals surface area contributed by atoms with E-state index < -0.39 is 0 Å². The van der Waals surface area contributed by atoms with Gasteiger partial charge < -0.3 is 10.6 Å². The number of amides is 1. The van der Waals surface area contributed by atoms with Crippen LogP contribution in [0.4, 0.5) is 0 Å². The standard InChI is InChI=1S/C13H17N3OS/c1-2-9-6-11(17)16(7-9)8-10-4-3-5-15-12(10)13(14)18/h3-5,9H,2,6-8H2,1H3,(H2,14,18). The van der Waals surface area contributed by atoms with E-state index in [1.54, 1.807) is 6.20 Å². The molecule has 1 unspecified atom stereocenters. The molecule has 0 spiro atoms. The van der Waals surface area contributed by atoms with E-state index in [0.29, 0.717) is 24.6 Å². The van der Waals surface area contributed by atoms with E-state index in [2.05, 4.69) is 11.9 Å². The van der Waals surface area contributed by atoms with Gasteiger partial charge in [-0.1, -0.05) is 31.6 Å². The predicted octanol–water partition coefficient (Wildman–Crippen LogP) is 1.47. The van der Waals surface area contributed by atoms with Crippen LogP contribution >= 0.6 is 12.2 Å². The first-order valence-electron chi connectivity index (χ1n) is 6.13. The third-order valence-corrected chi connectivity index (χ3v) is 3.55. The number of thiocarbonyl (C=S) groups is 1. The van der Waals surface area contributed by atoms with Crippen LogP contribution in [0.3, 0.4) is 0 Å². The Hall–Kier alpha value is -1.49. The highest BCUT2D eigenvalue weighted by molar-refractivity contribution is 7.80. The maximum absolute atomic E-state index is 11.9. The first-order chi connectivity index (χ1) is 8.61. The molecule has 1 aliphatic heterocycles. The number of rotatable bonds is 4. The molecule has 1 aromatic rings. The SMILES string of the molecule is CCC1CC(=O)N(Cc2cccnc2C(N)=S)C1. The smallest absolute Gasteiger partial charge is 0.223 e. The Kier molecular flexibility index (Phi) is 3.91. The zero-order chi connectivity index (χ0) is 13.1. The third kappa shape index (κ3) is 2.67. The molecule has 1 aliphatic rings. The summed E-state index contributed by atoms with van der Waals surface area (Å²) in [4.78, 5) is 18.2. The second-order valence-corrected chi connectivity index (χ2v) is 5.07. The molecule has 1 fully saturated rings. The maximum atomic E-state index is 11.9. The molecule has 1 amide bonds. The molecule has 96 valence electrons. The monoisotopic (exact) mass is 263 g/mol. The summed E-state index contributed by atoms with van der Waals surface area (Å²) < 4.78 is 0. The molecule has 1 aromatic heterocycles. The number of aromatic nitrogens is 1. The summed E-state index contributed by atoms with van der Waals surface area (Å²) in [6.45, 7) is 3.49. The van der Waals surface area contributed by atoms with E-state index in [1.165, 1.54) is 0 Å². The Labute approximate surface area is 112 Å². The van der Waals surface area contributed by atoms with Gasteiger partial charge in [0.15, 0.2) is 0 Å². The van der Waals surface area contributed by atoms with Gasteiger partial charge in [0.25, 0.3) is 0 Å². The zero-order valence-electron chi connectivity index (χ0n) is 10.4. The summed E-state index contributed by atoms with van der Waals surface area (Å²) in [5.74, 6) is 0.682. The van der Waals surface area contributed by atoms with Gasteiger partial charge in [0.2, 0.25) is 5.91 Å². The number of carbonyl (C=O) groups is 1. The molecule has 2 heterocycles. The van der Waals surface area contributed by atoms with Gasteiger partial charge >= 0.3 is 0 Å². The number of nitrogens with two attached hydrogens (primary N) is 1. The first-order valence-corrected chi connectivity index (χ1v) is 6.54. The molecule has 4 nitrogen and oxygen atoms in total. The Morgan fingerprint density at radius 2 is 2.44 bits per heavy atom. The molecule has 1 saturated heterocycles. The summed E-state index contributed by atoms with van der Waals surface area (Å²) in [7, 11) is 0. The molecule has 0 aliphatic carbocycles. The minimum Gasteiger partial charge on any atom is -0.388 e. The molecular formula is C13H17N3OS. The van der Waals surface area contributed by atoms with E-state index >= 15 is 0 Å². The van der Waals surface area contributed by atoms with Crippen LogP contribution in [0.1, 0.15) is 31.0 Å². The van der Waals surface area contributed by atoms with Crippen molar-refractivity contribution in [3.8, 4) is 0 Å². The lowest BCUT2D eigenvalue weighted by molar-refractivity contribution is -0.128. The zero-order valence-corrected chi connectivity index (χ0v) is 11.2. The minimum atomic E-state index is 0.208. The van der Waals surface area contributed by atoms with Crippen molar-refractivity contribution in [2.24, 2.45) is 11.7 Å². The fourth-order valence-corrected chi connectivity index (χ4v) is 2.46.